The van der Waals surface area contributed by atoms with Gasteiger partial charge in [-0.1, -0.05) is 58.4 Å². The smallest absolute Gasteiger partial charge is 0.259 e. The Morgan fingerprint density at radius 1 is 1.00 bits per heavy atom. The number of hydrogen-bond donors (Lipinski definition) is 1. The van der Waals surface area contributed by atoms with Gasteiger partial charge in [0.15, 0.2) is 5.78 Å². The molecule has 130 valence electrons. The molecular weight excluding hydrogens is 390 g/mol. The average molecular weight is 408 g/mol. The molecule has 1 heterocycles. The Balaban J connectivity index is 2.17. The predicted octanol–water partition coefficient (Wildman–Crippen LogP) is 5.18. The number of nitrogens with one attached hydrogen (secondary N) is 1. The molecule has 3 rings (SSSR count). The first-order valence-corrected chi connectivity index (χ1v) is 9.03. The lowest BCUT2D eigenvalue weighted by molar-refractivity contribution is 0.105. The third kappa shape index (κ3) is 3.92. The summed E-state index contributed by atoms with van der Waals surface area (Å²) in [4.78, 5) is 28.4. The van der Waals surface area contributed by atoms with Gasteiger partial charge in [-0.3, -0.25) is 9.59 Å². The van der Waals surface area contributed by atoms with Crippen molar-refractivity contribution in [2.75, 3.05) is 0 Å². The number of H-pyrrole nitrogens is 1. The van der Waals surface area contributed by atoms with Gasteiger partial charge in [0.05, 0.1) is 5.56 Å². The van der Waals surface area contributed by atoms with Crippen molar-refractivity contribution < 1.29 is 4.79 Å². The SMILES string of the molecule is Cc1cc(C)c(C(=O)C(=Cc2ccc(Br)cc2)c2ccccc2)c(=O)[nH]1. The molecule has 1 N–H and O–H groups in total. The molecule has 0 aliphatic heterocycles. The molecule has 0 aliphatic rings. The highest BCUT2D eigenvalue weighted by Crippen LogP contribution is 2.24. The molecule has 0 saturated carbocycles. The number of rotatable bonds is 4. The first-order valence-electron chi connectivity index (χ1n) is 8.23. The van der Waals surface area contributed by atoms with E-state index in [-0.39, 0.29) is 16.9 Å². The fourth-order valence-electron chi connectivity index (χ4n) is 2.89. The van der Waals surface area contributed by atoms with E-state index in [2.05, 4.69) is 20.9 Å². The highest BCUT2D eigenvalue weighted by Gasteiger charge is 2.20. The van der Waals surface area contributed by atoms with E-state index in [9.17, 15) is 9.59 Å². The molecule has 0 fully saturated rings. The van der Waals surface area contributed by atoms with Crippen molar-refractivity contribution in [1.29, 1.82) is 0 Å². The summed E-state index contributed by atoms with van der Waals surface area (Å²) in [6.07, 6.45) is 1.82. The van der Waals surface area contributed by atoms with Crippen LogP contribution in [0.1, 0.15) is 32.7 Å². The molecule has 1 aromatic heterocycles. The topological polar surface area (TPSA) is 49.9 Å². The number of halogens is 1. The van der Waals surface area contributed by atoms with Gasteiger partial charge in [0, 0.05) is 15.7 Å². The third-order valence-corrected chi connectivity index (χ3v) is 4.63. The van der Waals surface area contributed by atoms with Crippen LogP contribution in [0.2, 0.25) is 0 Å². The summed E-state index contributed by atoms with van der Waals surface area (Å²) in [5, 5.41) is 0. The van der Waals surface area contributed by atoms with Gasteiger partial charge in [-0.2, -0.15) is 0 Å². The zero-order valence-electron chi connectivity index (χ0n) is 14.5. The molecule has 0 amide bonds. The molecule has 0 radical (unpaired) electrons. The molecule has 2 aromatic carbocycles. The lowest BCUT2D eigenvalue weighted by atomic mass is 9.93. The maximum absolute atomic E-state index is 13.3. The summed E-state index contributed by atoms with van der Waals surface area (Å²) in [5.74, 6) is -0.280. The largest absolute Gasteiger partial charge is 0.326 e. The lowest BCUT2D eigenvalue weighted by Gasteiger charge is -2.10. The Morgan fingerprint density at radius 2 is 1.65 bits per heavy atom. The van der Waals surface area contributed by atoms with E-state index in [1.165, 1.54) is 0 Å². The fraction of sp³-hybridized carbons (Fsp3) is 0.0909. The van der Waals surface area contributed by atoms with E-state index in [0.29, 0.717) is 11.1 Å². The first kappa shape index (κ1) is 18.1. The number of aryl methyl sites for hydroxylation is 2. The number of hydrogen-bond acceptors (Lipinski definition) is 2. The van der Waals surface area contributed by atoms with Crippen molar-refractivity contribution in [3.05, 3.63) is 103 Å². The molecule has 26 heavy (non-hydrogen) atoms. The van der Waals surface area contributed by atoms with Crippen LogP contribution >= 0.6 is 15.9 Å². The molecule has 0 spiro atoms. The summed E-state index contributed by atoms with van der Waals surface area (Å²) in [5.41, 5.74) is 3.40. The first-order chi connectivity index (χ1) is 12.5. The standard InChI is InChI=1S/C22H18BrNO2/c1-14-12-15(2)24-22(26)20(14)21(25)19(17-6-4-3-5-7-17)13-16-8-10-18(23)11-9-16/h3-13H,1-2H3,(H,24,26). The van der Waals surface area contributed by atoms with E-state index in [0.717, 1.165) is 21.3 Å². The number of benzene rings is 2. The second-order valence-corrected chi connectivity index (χ2v) is 7.06. The highest BCUT2D eigenvalue weighted by atomic mass is 79.9. The maximum Gasteiger partial charge on any atom is 0.259 e. The van der Waals surface area contributed by atoms with Crippen LogP contribution in [0.4, 0.5) is 0 Å². The number of aromatic amines is 1. The number of carbonyl (C=O) groups is 1. The van der Waals surface area contributed by atoms with Crippen molar-refractivity contribution >= 4 is 33.4 Å². The highest BCUT2D eigenvalue weighted by molar-refractivity contribution is 9.10. The number of allylic oxidation sites excluding steroid dienone is 1. The van der Waals surface area contributed by atoms with Crippen LogP contribution in [0.15, 0.2) is 69.9 Å². The maximum atomic E-state index is 13.3. The van der Waals surface area contributed by atoms with E-state index >= 15 is 0 Å². The minimum atomic E-state index is -0.356. The summed E-state index contributed by atoms with van der Waals surface area (Å²) in [6, 6.07) is 18.9. The van der Waals surface area contributed by atoms with Crippen LogP contribution in [0.25, 0.3) is 11.6 Å². The molecule has 0 atom stereocenters. The molecule has 3 aromatic rings. The van der Waals surface area contributed by atoms with E-state index < -0.39 is 0 Å². The molecule has 3 nitrogen and oxygen atoms in total. The normalized spacial score (nSPS) is 11.4. The van der Waals surface area contributed by atoms with Crippen LogP contribution in [-0.4, -0.2) is 10.8 Å². The molecule has 0 unspecified atom stereocenters. The molecular formula is C22H18BrNO2. The van der Waals surface area contributed by atoms with Gasteiger partial charge in [0.2, 0.25) is 0 Å². The molecule has 0 aliphatic carbocycles. The van der Waals surface area contributed by atoms with Gasteiger partial charge in [-0.15, -0.1) is 0 Å². The number of Topliss-reactive ketones (excluding diaryl/α,β-unsaturated/α-hetero) is 1. The van der Waals surface area contributed by atoms with Crippen molar-refractivity contribution in [3.8, 4) is 0 Å². The van der Waals surface area contributed by atoms with Crippen molar-refractivity contribution in [1.82, 2.24) is 4.98 Å². The van der Waals surface area contributed by atoms with Gasteiger partial charge < -0.3 is 4.98 Å². The fourth-order valence-corrected chi connectivity index (χ4v) is 3.16. The Morgan fingerprint density at radius 3 is 2.27 bits per heavy atom. The van der Waals surface area contributed by atoms with Crippen molar-refractivity contribution in [2.24, 2.45) is 0 Å². The second kappa shape index (κ2) is 7.67. The van der Waals surface area contributed by atoms with E-state index in [4.69, 9.17) is 0 Å². The van der Waals surface area contributed by atoms with Gasteiger partial charge in [0.1, 0.15) is 0 Å². The number of aromatic nitrogens is 1. The van der Waals surface area contributed by atoms with Crippen LogP contribution in [-0.2, 0) is 0 Å². The Kier molecular flexibility index (Phi) is 5.33. The number of ketones is 1. The minimum Gasteiger partial charge on any atom is -0.326 e. The van der Waals surface area contributed by atoms with E-state index in [1.54, 1.807) is 13.8 Å². The number of carbonyl (C=O) groups excluding carboxylic acids is 1. The van der Waals surface area contributed by atoms with Gasteiger partial charge in [-0.25, -0.2) is 0 Å². The Bertz CT molecular complexity index is 1030. The summed E-state index contributed by atoms with van der Waals surface area (Å²) < 4.78 is 0.966. The minimum absolute atomic E-state index is 0.183. The Labute approximate surface area is 160 Å². The van der Waals surface area contributed by atoms with Crippen LogP contribution in [0.5, 0.6) is 0 Å². The Hall–Kier alpha value is -2.72. The van der Waals surface area contributed by atoms with Gasteiger partial charge >= 0.3 is 0 Å². The third-order valence-electron chi connectivity index (χ3n) is 4.10. The monoisotopic (exact) mass is 407 g/mol. The average Bonchev–Trinajstić information content (AvgIpc) is 2.61. The van der Waals surface area contributed by atoms with Crippen LogP contribution in [0.3, 0.4) is 0 Å². The van der Waals surface area contributed by atoms with Gasteiger partial charge in [-0.05, 0) is 54.8 Å². The van der Waals surface area contributed by atoms with Crippen LogP contribution < -0.4 is 5.56 Å². The predicted molar refractivity (Wildman–Crippen MR) is 109 cm³/mol. The second-order valence-electron chi connectivity index (χ2n) is 6.14. The molecule has 4 heteroatoms. The molecule has 0 bridgehead atoms. The number of pyridine rings is 1. The van der Waals surface area contributed by atoms with Crippen LogP contribution in [0, 0.1) is 13.8 Å². The lowest BCUT2D eigenvalue weighted by Crippen LogP contribution is -2.21. The van der Waals surface area contributed by atoms with E-state index in [1.807, 2.05) is 66.7 Å². The van der Waals surface area contributed by atoms with Crippen molar-refractivity contribution in [3.63, 3.8) is 0 Å². The molecule has 0 saturated heterocycles. The summed E-state index contributed by atoms with van der Waals surface area (Å²) >= 11 is 3.41. The summed E-state index contributed by atoms with van der Waals surface area (Å²) in [7, 11) is 0. The summed E-state index contributed by atoms with van der Waals surface area (Å²) in [6.45, 7) is 3.59. The quantitative estimate of drug-likeness (QED) is 0.368. The van der Waals surface area contributed by atoms with Crippen molar-refractivity contribution in [2.45, 2.75) is 13.8 Å². The van der Waals surface area contributed by atoms with Gasteiger partial charge in [0.25, 0.3) is 5.56 Å². The zero-order chi connectivity index (χ0) is 18.7. The zero-order valence-corrected chi connectivity index (χ0v) is 16.1.